The van der Waals surface area contributed by atoms with Gasteiger partial charge in [-0.3, -0.25) is 9.59 Å². The fourth-order valence-corrected chi connectivity index (χ4v) is 2.69. The first kappa shape index (κ1) is 16.7. The first-order chi connectivity index (χ1) is 11.7. The number of nitrogens with one attached hydrogen (secondary N) is 1. The minimum absolute atomic E-state index is 0.0114. The van der Waals surface area contributed by atoms with Gasteiger partial charge in [0.2, 0.25) is 5.91 Å². The molecular weight excluding hydrogens is 300 g/mol. The second-order valence-corrected chi connectivity index (χ2v) is 6.93. The highest BCUT2D eigenvalue weighted by atomic mass is 16.2. The van der Waals surface area contributed by atoms with Crippen molar-refractivity contribution < 1.29 is 9.59 Å². The van der Waals surface area contributed by atoms with Crippen molar-refractivity contribution in [1.82, 2.24) is 10.2 Å². The Morgan fingerprint density at radius 3 is 2.46 bits per heavy atom. The second kappa shape index (κ2) is 7.65. The number of benzene rings is 1. The summed E-state index contributed by atoms with van der Waals surface area (Å²) in [6.07, 6.45) is 9.14. The summed E-state index contributed by atoms with van der Waals surface area (Å²) in [7, 11) is 0. The van der Waals surface area contributed by atoms with Gasteiger partial charge in [0.1, 0.15) is 0 Å². The monoisotopic (exact) mass is 326 g/mol. The predicted octanol–water partition coefficient (Wildman–Crippen LogP) is 3.24. The number of hydrogen-bond donors (Lipinski definition) is 1. The first-order valence-electron chi connectivity index (χ1n) is 9.03. The van der Waals surface area contributed by atoms with E-state index in [4.69, 9.17) is 0 Å². The van der Waals surface area contributed by atoms with Gasteiger partial charge in [-0.1, -0.05) is 19.1 Å². The molecule has 0 radical (unpaired) electrons. The largest absolute Gasteiger partial charge is 0.349 e. The highest BCUT2D eigenvalue weighted by Crippen LogP contribution is 2.29. The van der Waals surface area contributed by atoms with Crippen LogP contribution in [0.25, 0.3) is 6.08 Å². The van der Waals surface area contributed by atoms with Crippen LogP contribution in [0.4, 0.5) is 0 Å². The third-order valence-electron chi connectivity index (χ3n) is 4.48. The molecule has 2 saturated carbocycles. The fraction of sp³-hybridized carbons (Fsp3) is 0.500. The molecule has 4 nitrogen and oxygen atoms in total. The van der Waals surface area contributed by atoms with Crippen LogP contribution in [0.1, 0.15) is 54.9 Å². The lowest BCUT2D eigenvalue weighted by molar-refractivity contribution is -0.126. The molecule has 3 rings (SSSR count). The van der Waals surface area contributed by atoms with Crippen molar-refractivity contribution in [3.05, 3.63) is 41.5 Å². The lowest BCUT2D eigenvalue weighted by atomic mass is 10.1. The van der Waals surface area contributed by atoms with Crippen LogP contribution >= 0.6 is 0 Å². The van der Waals surface area contributed by atoms with E-state index in [1.807, 2.05) is 35.2 Å². The second-order valence-electron chi connectivity index (χ2n) is 6.93. The Kier molecular flexibility index (Phi) is 5.34. The maximum atomic E-state index is 12.3. The van der Waals surface area contributed by atoms with Crippen LogP contribution in [-0.4, -0.2) is 35.8 Å². The van der Waals surface area contributed by atoms with Gasteiger partial charge >= 0.3 is 0 Å². The minimum Gasteiger partial charge on any atom is -0.349 e. The smallest absolute Gasteiger partial charge is 0.251 e. The van der Waals surface area contributed by atoms with Crippen LogP contribution in [0, 0.1) is 5.92 Å². The zero-order valence-electron chi connectivity index (χ0n) is 14.3. The van der Waals surface area contributed by atoms with Crippen LogP contribution in [0.5, 0.6) is 0 Å². The van der Waals surface area contributed by atoms with Crippen molar-refractivity contribution in [1.29, 1.82) is 0 Å². The summed E-state index contributed by atoms with van der Waals surface area (Å²) >= 11 is 0. The van der Waals surface area contributed by atoms with E-state index in [0.29, 0.717) is 17.5 Å². The molecule has 128 valence electrons. The van der Waals surface area contributed by atoms with Crippen molar-refractivity contribution in [2.45, 2.75) is 45.1 Å². The predicted molar refractivity (Wildman–Crippen MR) is 95.6 cm³/mol. The van der Waals surface area contributed by atoms with Gasteiger partial charge in [0.05, 0.1) is 0 Å². The third kappa shape index (κ3) is 4.95. The summed E-state index contributed by atoms with van der Waals surface area (Å²) in [4.78, 5) is 26.3. The maximum absolute atomic E-state index is 12.3. The molecule has 0 spiro atoms. The van der Waals surface area contributed by atoms with Crippen LogP contribution in [0.2, 0.25) is 0 Å². The molecule has 0 bridgehead atoms. The molecule has 4 heteroatoms. The zero-order chi connectivity index (χ0) is 16.9. The molecule has 0 unspecified atom stereocenters. The number of hydrogen-bond acceptors (Lipinski definition) is 2. The maximum Gasteiger partial charge on any atom is 0.251 e. The highest BCUT2D eigenvalue weighted by molar-refractivity contribution is 5.95. The van der Waals surface area contributed by atoms with Crippen LogP contribution in [-0.2, 0) is 4.79 Å². The summed E-state index contributed by atoms with van der Waals surface area (Å²) < 4.78 is 0. The summed E-state index contributed by atoms with van der Waals surface area (Å²) in [6, 6.07) is 7.77. The molecule has 0 heterocycles. The Bertz CT molecular complexity index is 613. The van der Waals surface area contributed by atoms with Gasteiger partial charge < -0.3 is 10.2 Å². The summed E-state index contributed by atoms with van der Waals surface area (Å²) in [5.74, 6) is 0.778. The lowest BCUT2D eigenvalue weighted by Crippen LogP contribution is -2.32. The number of nitrogens with zero attached hydrogens (tertiary/aromatic N) is 1. The van der Waals surface area contributed by atoms with Crippen molar-refractivity contribution in [3.8, 4) is 0 Å². The molecular formula is C20H26N2O2. The molecule has 1 N–H and O–H groups in total. The molecule has 2 aliphatic carbocycles. The lowest BCUT2D eigenvalue weighted by Gasteiger charge is -2.20. The zero-order valence-corrected chi connectivity index (χ0v) is 14.3. The Labute approximate surface area is 143 Å². The quantitative estimate of drug-likeness (QED) is 0.746. The third-order valence-corrected chi connectivity index (χ3v) is 4.48. The van der Waals surface area contributed by atoms with Gasteiger partial charge in [-0.25, -0.2) is 0 Å². The molecule has 0 aliphatic heterocycles. The summed E-state index contributed by atoms with van der Waals surface area (Å²) in [5.41, 5.74) is 1.61. The van der Waals surface area contributed by atoms with E-state index in [1.54, 1.807) is 6.08 Å². The Balaban J connectivity index is 1.55. The molecule has 0 aromatic heterocycles. The highest BCUT2D eigenvalue weighted by Gasteiger charge is 2.25. The standard InChI is InChI=1S/C20H26N2O2/c1-2-13-22(14-16-3-4-16)19(23)12-7-15-5-8-17(9-6-15)20(24)21-18-10-11-18/h5-9,12,16,18H,2-4,10-11,13-14H2,1H3,(H,21,24)/b12-7+. The summed E-state index contributed by atoms with van der Waals surface area (Å²) in [6.45, 7) is 3.81. The Hall–Kier alpha value is -2.10. The van der Waals surface area contributed by atoms with E-state index in [2.05, 4.69) is 12.2 Å². The number of amides is 2. The van der Waals surface area contributed by atoms with E-state index in [9.17, 15) is 9.59 Å². The number of rotatable bonds is 8. The van der Waals surface area contributed by atoms with E-state index in [-0.39, 0.29) is 11.8 Å². The first-order valence-corrected chi connectivity index (χ1v) is 9.03. The molecule has 24 heavy (non-hydrogen) atoms. The average Bonchev–Trinajstić information content (AvgIpc) is 3.49. The fourth-order valence-electron chi connectivity index (χ4n) is 2.69. The number of carbonyl (C=O) groups excluding carboxylic acids is 2. The molecule has 2 amide bonds. The average molecular weight is 326 g/mol. The van der Waals surface area contributed by atoms with Crippen LogP contribution in [0.15, 0.2) is 30.3 Å². The van der Waals surface area contributed by atoms with Gasteiger partial charge in [-0.15, -0.1) is 0 Å². The Morgan fingerprint density at radius 2 is 1.88 bits per heavy atom. The normalized spacial score (nSPS) is 17.0. The molecule has 2 fully saturated rings. The van der Waals surface area contributed by atoms with Gasteiger partial charge in [-0.05, 0) is 61.8 Å². The van der Waals surface area contributed by atoms with E-state index in [0.717, 1.165) is 37.9 Å². The van der Waals surface area contributed by atoms with Crippen molar-refractivity contribution in [2.75, 3.05) is 13.1 Å². The van der Waals surface area contributed by atoms with Crippen LogP contribution < -0.4 is 5.32 Å². The molecule has 2 aliphatic rings. The van der Waals surface area contributed by atoms with Crippen molar-refractivity contribution in [2.24, 2.45) is 5.92 Å². The van der Waals surface area contributed by atoms with Crippen molar-refractivity contribution >= 4 is 17.9 Å². The summed E-state index contributed by atoms with van der Waals surface area (Å²) in [5, 5.41) is 2.98. The van der Waals surface area contributed by atoms with Gasteiger partial charge in [0, 0.05) is 30.8 Å². The molecule has 0 atom stereocenters. The number of carbonyl (C=O) groups is 2. The van der Waals surface area contributed by atoms with E-state index >= 15 is 0 Å². The van der Waals surface area contributed by atoms with Gasteiger partial charge in [-0.2, -0.15) is 0 Å². The topological polar surface area (TPSA) is 49.4 Å². The Morgan fingerprint density at radius 1 is 1.17 bits per heavy atom. The van der Waals surface area contributed by atoms with Crippen LogP contribution in [0.3, 0.4) is 0 Å². The van der Waals surface area contributed by atoms with Crippen molar-refractivity contribution in [3.63, 3.8) is 0 Å². The van der Waals surface area contributed by atoms with E-state index < -0.39 is 0 Å². The van der Waals surface area contributed by atoms with Gasteiger partial charge in [0.25, 0.3) is 5.91 Å². The molecule has 1 aromatic carbocycles. The molecule has 0 saturated heterocycles. The van der Waals surface area contributed by atoms with Gasteiger partial charge in [0.15, 0.2) is 0 Å². The molecule has 1 aromatic rings. The SMILES string of the molecule is CCCN(CC1CC1)C(=O)/C=C/c1ccc(C(=O)NC2CC2)cc1. The minimum atomic E-state index is -0.0114. The van der Waals surface area contributed by atoms with E-state index in [1.165, 1.54) is 12.8 Å².